The monoisotopic (exact) mass is 903 g/mol. The molecular weight excluding hydrogens is 825 g/mol. The van der Waals surface area contributed by atoms with Crippen molar-refractivity contribution in [2.75, 3.05) is 24.1 Å². The lowest BCUT2D eigenvalue weighted by atomic mass is 9.80. The first-order valence-corrected chi connectivity index (χ1v) is 22.7. The number of ether oxygens (including phenoxy) is 4. The van der Waals surface area contributed by atoms with Crippen molar-refractivity contribution in [3.05, 3.63) is 0 Å². The van der Waals surface area contributed by atoms with E-state index in [1.807, 2.05) is 111 Å². The lowest BCUT2D eigenvalue weighted by Crippen LogP contribution is -2.61. The Hall–Kier alpha value is -3.50. The molecule has 2 aromatic rings. The Bertz CT molecular complexity index is 1660. The Morgan fingerprint density at radius 3 is 0.656 bits per heavy atom. The number of hydrogen-bond donors (Lipinski definition) is 4. The third kappa shape index (κ3) is 10.4. The maximum Gasteiger partial charge on any atom is 0.324 e. The summed E-state index contributed by atoms with van der Waals surface area (Å²) in [6.45, 7) is 31.5. The summed E-state index contributed by atoms with van der Waals surface area (Å²) in [5.74, 6) is 0.337. The molecule has 4 aliphatic rings. The van der Waals surface area contributed by atoms with Gasteiger partial charge in [-0.15, -0.1) is 9.97 Å². The van der Waals surface area contributed by atoms with Gasteiger partial charge in [-0.25, -0.2) is 0 Å². The van der Waals surface area contributed by atoms with Crippen molar-refractivity contribution in [1.29, 1.82) is 0 Å². The molecule has 0 atom stereocenters. The van der Waals surface area contributed by atoms with Crippen molar-refractivity contribution in [3.63, 3.8) is 0 Å². The van der Waals surface area contributed by atoms with E-state index < -0.39 is 44.3 Å². The van der Waals surface area contributed by atoms with Gasteiger partial charge < -0.3 is 39.8 Å². The summed E-state index contributed by atoms with van der Waals surface area (Å²) in [7, 11) is 3.51. The van der Waals surface area contributed by atoms with Crippen molar-refractivity contribution >= 4 is 11.9 Å². The molecule has 0 unspecified atom stereocenters. The van der Waals surface area contributed by atoms with Crippen LogP contribution in [0, 0.1) is 0 Å². The number of hydrazine groups is 1. The van der Waals surface area contributed by atoms with E-state index in [-0.39, 0.29) is 60.4 Å². The van der Waals surface area contributed by atoms with Crippen molar-refractivity contribution in [3.8, 4) is 24.0 Å². The molecular formula is C44H78N12O8. The van der Waals surface area contributed by atoms with Crippen LogP contribution in [0.25, 0.3) is 0 Å². The summed E-state index contributed by atoms with van der Waals surface area (Å²) in [4.78, 5) is 28.6. The molecule has 20 heteroatoms. The molecule has 4 N–H and O–H groups in total. The van der Waals surface area contributed by atoms with E-state index in [9.17, 15) is 20.8 Å². The van der Waals surface area contributed by atoms with Gasteiger partial charge >= 0.3 is 24.0 Å². The Labute approximate surface area is 380 Å². The lowest BCUT2D eigenvalue weighted by Gasteiger charge is -2.51. The lowest BCUT2D eigenvalue weighted by molar-refractivity contribution is -0.255. The average molecular weight is 903 g/mol. The fourth-order valence-corrected chi connectivity index (χ4v) is 11.1. The van der Waals surface area contributed by atoms with E-state index in [0.717, 1.165) is 0 Å². The van der Waals surface area contributed by atoms with Gasteiger partial charge in [0.05, 0.1) is 0 Å². The van der Waals surface area contributed by atoms with Crippen LogP contribution in [0.4, 0.5) is 11.9 Å². The van der Waals surface area contributed by atoms with Gasteiger partial charge in [-0.3, -0.25) is 10.0 Å². The zero-order valence-corrected chi connectivity index (χ0v) is 41.8. The fourth-order valence-electron chi connectivity index (χ4n) is 11.1. The van der Waals surface area contributed by atoms with E-state index in [0.29, 0.717) is 51.4 Å². The summed E-state index contributed by atoms with van der Waals surface area (Å²) >= 11 is 0. The zero-order chi connectivity index (χ0) is 48.0. The number of hydroxylamine groups is 8. The Balaban J connectivity index is 1.37. The van der Waals surface area contributed by atoms with Gasteiger partial charge in [-0.2, -0.15) is 40.2 Å². The zero-order valence-electron chi connectivity index (χ0n) is 41.8. The first-order chi connectivity index (χ1) is 29.0. The standard InChI is InChI=1S/C44H78N12O8/c1-37(2)19-27(20-38(3,4)53(37)57)61-33-45-31(46-34(49-33)62-28-21-39(5,6)54(58)40(7,8)22-28)51(17)52(18)32-47-35(63-29-23-41(9,10)55(59)42(11,12)24-29)50-36(48-32)64-30-25-43(13,14)56(60)44(15,16)26-30/h27-30,57-60H,19-26H2,1-18H3. The van der Waals surface area contributed by atoms with Crippen LogP contribution in [-0.2, 0) is 0 Å². The Kier molecular flexibility index (Phi) is 13.0. The molecule has 0 aromatic carbocycles. The number of aromatic nitrogens is 6. The average Bonchev–Trinajstić information content (AvgIpc) is 3.12. The minimum atomic E-state index is -0.590. The molecule has 4 fully saturated rings. The van der Waals surface area contributed by atoms with Crippen LogP contribution in [0.5, 0.6) is 24.0 Å². The topological polar surface area (TPSA) is 215 Å². The molecule has 6 heterocycles. The Morgan fingerprint density at radius 2 is 0.500 bits per heavy atom. The fraction of sp³-hybridized carbons (Fsp3) is 0.864. The van der Waals surface area contributed by atoms with E-state index in [1.165, 1.54) is 20.3 Å². The first kappa shape index (κ1) is 49.9. The number of anilines is 2. The summed E-state index contributed by atoms with van der Waals surface area (Å²) in [5, 5.41) is 53.0. The predicted octanol–water partition coefficient (Wildman–Crippen LogP) is 6.70. The molecule has 2 aromatic heterocycles. The number of rotatable bonds is 11. The second-order valence-corrected chi connectivity index (χ2v) is 23.8. The van der Waals surface area contributed by atoms with Crippen molar-refractivity contribution in [1.82, 2.24) is 50.2 Å². The van der Waals surface area contributed by atoms with Crippen molar-refractivity contribution in [2.45, 2.75) is 231 Å². The number of nitrogens with zero attached hydrogens (tertiary/aromatic N) is 12. The molecule has 0 amide bonds. The highest BCUT2D eigenvalue weighted by Crippen LogP contribution is 2.42. The molecule has 20 nitrogen and oxygen atoms in total. The summed E-state index contributed by atoms with van der Waals surface area (Å²) in [5.41, 5.74) is -4.72. The highest BCUT2D eigenvalue weighted by molar-refractivity contribution is 5.43. The van der Waals surface area contributed by atoms with Gasteiger partial charge in [0.2, 0.25) is 0 Å². The summed E-state index contributed by atoms with van der Waals surface area (Å²) in [6.07, 6.45) is 2.64. The van der Waals surface area contributed by atoms with E-state index >= 15 is 0 Å². The quantitative estimate of drug-likeness (QED) is 0.173. The van der Waals surface area contributed by atoms with Crippen LogP contribution in [0.2, 0.25) is 0 Å². The van der Waals surface area contributed by atoms with Gasteiger partial charge in [0, 0.05) is 110 Å². The molecule has 0 saturated carbocycles. The Morgan fingerprint density at radius 1 is 0.344 bits per heavy atom. The van der Waals surface area contributed by atoms with Crippen LogP contribution in [0.15, 0.2) is 0 Å². The molecule has 0 aliphatic carbocycles. The van der Waals surface area contributed by atoms with Crippen molar-refractivity contribution in [2.24, 2.45) is 0 Å². The molecule has 0 spiro atoms. The van der Waals surface area contributed by atoms with E-state index in [4.69, 9.17) is 48.9 Å². The first-order valence-electron chi connectivity index (χ1n) is 22.7. The normalized spacial score (nSPS) is 26.3. The third-order valence-corrected chi connectivity index (χ3v) is 13.7. The second kappa shape index (κ2) is 16.7. The van der Waals surface area contributed by atoms with Crippen LogP contribution in [0.3, 0.4) is 0 Å². The predicted molar refractivity (Wildman–Crippen MR) is 238 cm³/mol. The summed E-state index contributed by atoms with van der Waals surface area (Å²) in [6, 6.07) is 0.189. The van der Waals surface area contributed by atoms with Crippen LogP contribution in [0.1, 0.15) is 162 Å². The van der Waals surface area contributed by atoms with Gasteiger partial charge in [-0.05, 0) is 111 Å². The SMILES string of the molecule is CN(c1nc(OC2CC(C)(C)N(O)C(C)(C)C2)nc(OC2CC(C)(C)N(O)C(C)(C)C2)n1)N(C)c1nc(OC2CC(C)(C)N(O)C(C)(C)C2)nc(OC2CC(C)(C)N(O)C(C)(C)C2)n1. The number of piperidine rings is 4. The second-order valence-electron chi connectivity index (χ2n) is 23.8. The minimum Gasteiger partial charge on any atom is -0.460 e. The van der Waals surface area contributed by atoms with Gasteiger partial charge in [0.15, 0.2) is 0 Å². The molecule has 0 radical (unpaired) electrons. The van der Waals surface area contributed by atoms with Gasteiger partial charge in [-0.1, -0.05) is 0 Å². The number of hydrogen-bond acceptors (Lipinski definition) is 20. The van der Waals surface area contributed by atoms with Gasteiger partial charge in [0.25, 0.3) is 11.9 Å². The maximum atomic E-state index is 11.0. The largest absolute Gasteiger partial charge is 0.460 e. The molecule has 4 aliphatic heterocycles. The molecule has 0 bridgehead atoms. The smallest absolute Gasteiger partial charge is 0.324 e. The highest BCUT2D eigenvalue weighted by atomic mass is 16.5. The van der Waals surface area contributed by atoms with Gasteiger partial charge in [0.1, 0.15) is 24.4 Å². The highest BCUT2D eigenvalue weighted by Gasteiger charge is 2.50. The molecule has 6 rings (SSSR count). The van der Waals surface area contributed by atoms with Crippen LogP contribution in [-0.4, -0.2) is 154 Å². The third-order valence-electron chi connectivity index (χ3n) is 13.7. The maximum absolute atomic E-state index is 11.0. The van der Waals surface area contributed by atoms with E-state index in [2.05, 4.69) is 0 Å². The summed E-state index contributed by atoms with van der Waals surface area (Å²) < 4.78 is 26.3. The molecule has 4 saturated heterocycles. The van der Waals surface area contributed by atoms with Crippen LogP contribution < -0.4 is 29.0 Å². The van der Waals surface area contributed by atoms with Crippen molar-refractivity contribution < 1.29 is 39.8 Å². The molecule has 64 heavy (non-hydrogen) atoms. The van der Waals surface area contributed by atoms with E-state index in [1.54, 1.807) is 24.1 Å². The molecule has 362 valence electrons. The van der Waals surface area contributed by atoms with Crippen LogP contribution >= 0.6 is 0 Å². The minimum absolute atomic E-state index is 0.0472.